The van der Waals surface area contributed by atoms with Gasteiger partial charge in [0.05, 0.1) is 0 Å². The van der Waals surface area contributed by atoms with E-state index in [4.69, 9.17) is 0 Å². The predicted octanol–water partition coefficient (Wildman–Crippen LogP) is 0.453. The molecule has 2 atom stereocenters. The first-order valence-corrected chi connectivity index (χ1v) is 7.68. The molecule has 1 fully saturated rings. The molecule has 3 rings (SSSR count). The minimum absolute atomic E-state index is 0.294. The lowest BCUT2D eigenvalue weighted by Gasteiger charge is -2.35. The van der Waals surface area contributed by atoms with Gasteiger partial charge in [0.2, 0.25) is 5.95 Å². The van der Waals surface area contributed by atoms with Crippen LogP contribution in [0, 0.1) is 11.8 Å². The van der Waals surface area contributed by atoms with Crippen LogP contribution in [0.15, 0.2) is 9.59 Å². The monoisotopic (exact) mass is 305 g/mol. The molecule has 0 aromatic carbocycles. The number of hydrogen-bond donors (Lipinski definition) is 0. The van der Waals surface area contributed by atoms with Gasteiger partial charge in [0, 0.05) is 34.2 Å². The highest BCUT2D eigenvalue weighted by Crippen LogP contribution is 2.26. The molecule has 0 spiro atoms. The third-order valence-electron chi connectivity index (χ3n) is 4.60. The zero-order chi connectivity index (χ0) is 16.2. The van der Waals surface area contributed by atoms with Crippen molar-refractivity contribution >= 4 is 17.1 Å². The van der Waals surface area contributed by atoms with Gasteiger partial charge in [-0.3, -0.25) is 13.9 Å². The van der Waals surface area contributed by atoms with Crippen molar-refractivity contribution in [3.05, 3.63) is 20.8 Å². The van der Waals surface area contributed by atoms with Crippen molar-refractivity contribution in [2.45, 2.75) is 20.3 Å². The van der Waals surface area contributed by atoms with Gasteiger partial charge in [-0.2, -0.15) is 4.98 Å². The number of piperidine rings is 1. The molecule has 2 aromatic rings. The van der Waals surface area contributed by atoms with E-state index < -0.39 is 0 Å². The molecule has 0 saturated carbocycles. The summed E-state index contributed by atoms with van der Waals surface area (Å²) < 4.78 is 4.40. The van der Waals surface area contributed by atoms with E-state index in [2.05, 4.69) is 23.7 Å². The number of imidazole rings is 1. The fraction of sp³-hybridized carbons (Fsp3) is 0.667. The molecular formula is C15H23N5O2. The molecule has 2 aromatic heterocycles. The van der Waals surface area contributed by atoms with Gasteiger partial charge in [-0.1, -0.05) is 13.8 Å². The maximum absolute atomic E-state index is 12.4. The lowest BCUT2D eigenvalue weighted by atomic mass is 9.92. The average molecular weight is 305 g/mol. The van der Waals surface area contributed by atoms with Crippen LogP contribution >= 0.6 is 0 Å². The Morgan fingerprint density at radius 3 is 2.14 bits per heavy atom. The Hall–Kier alpha value is -2.05. The summed E-state index contributed by atoms with van der Waals surface area (Å²) in [4.78, 5) is 31.3. The van der Waals surface area contributed by atoms with Gasteiger partial charge < -0.3 is 9.47 Å². The Balaban J connectivity index is 2.23. The van der Waals surface area contributed by atoms with Crippen LogP contribution in [-0.2, 0) is 21.1 Å². The van der Waals surface area contributed by atoms with Crippen molar-refractivity contribution in [1.29, 1.82) is 0 Å². The number of hydrogen-bond acceptors (Lipinski definition) is 4. The molecule has 0 amide bonds. The first-order valence-electron chi connectivity index (χ1n) is 7.68. The second kappa shape index (κ2) is 5.00. The summed E-state index contributed by atoms with van der Waals surface area (Å²) in [6, 6.07) is 0. The summed E-state index contributed by atoms with van der Waals surface area (Å²) in [5.41, 5.74) is 0.293. The number of aryl methyl sites for hydroxylation is 2. The van der Waals surface area contributed by atoms with Crippen molar-refractivity contribution < 1.29 is 0 Å². The number of fused-ring (bicyclic) bond motifs is 1. The molecule has 120 valence electrons. The Bertz CT molecular complexity index is 834. The summed E-state index contributed by atoms with van der Waals surface area (Å²) >= 11 is 0. The smallest absolute Gasteiger partial charge is 0.332 e. The zero-order valence-electron chi connectivity index (χ0n) is 13.8. The van der Waals surface area contributed by atoms with E-state index in [1.54, 1.807) is 7.05 Å². The van der Waals surface area contributed by atoms with Crippen LogP contribution < -0.4 is 16.1 Å². The fourth-order valence-corrected chi connectivity index (χ4v) is 3.62. The lowest BCUT2D eigenvalue weighted by Crippen LogP contribution is -2.40. The van der Waals surface area contributed by atoms with Crippen molar-refractivity contribution in [2.75, 3.05) is 18.0 Å². The van der Waals surface area contributed by atoms with E-state index >= 15 is 0 Å². The summed E-state index contributed by atoms with van der Waals surface area (Å²) in [7, 11) is 5.00. The van der Waals surface area contributed by atoms with Crippen molar-refractivity contribution in [3.63, 3.8) is 0 Å². The van der Waals surface area contributed by atoms with Gasteiger partial charge >= 0.3 is 5.69 Å². The third-order valence-corrected chi connectivity index (χ3v) is 4.60. The second-order valence-corrected chi connectivity index (χ2v) is 6.70. The lowest BCUT2D eigenvalue weighted by molar-refractivity contribution is 0.352. The van der Waals surface area contributed by atoms with Crippen molar-refractivity contribution in [3.8, 4) is 0 Å². The maximum Gasteiger partial charge on any atom is 0.332 e. The molecular weight excluding hydrogens is 282 g/mol. The average Bonchev–Trinajstić information content (AvgIpc) is 2.79. The molecule has 3 heterocycles. The van der Waals surface area contributed by atoms with Crippen LogP contribution in [0.3, 0.4) is 0 Å². The summed E-state index contributed by atoms with van der Waals surface area (Å²) in [6.07, 6.45) is 1.21. The van der Waals surface area contributed by atoms with Crippen LogP contribution in [0.2, 0.25) is 0 Å². The standard InChI is InChI=1S/C15H23N5O2/c1-9-6-10(2)8-20(7-9)14-16-12-11(17(14)3)13(21)19(5)15(22)18(12)4/h9-10H,6-8H2,1-5H3/t9-,10-/m1/s1. The Labute approximate surface area is 128 Å². The molecule has 7 nitrogen and oxygen atoms in total. The Morgan fingerprint density at radius 2 is 1.55 bits per heavy atom. The molecule has 0 unspecified atom stereocenters. The summed E-state index contributed by atoms with van der Waals surface area (Å²) in [6.45, 7) is 6.33. The normalized spacial score (nSPS) is 22.5. The largest absolute Gasteiger partial charge is 0.342 e. The van der Waals surface area contributed by atoms with E-state index in [0.717, 1.165) is 23.6 Å². The molecule has 1 saturated heterocycles. The minimum Gasteiger partial charge on any atom is -0.342 e. The van der Waals surface area contributed by atoms with Crippen molar-refractivity contribution in [2.24, 2.45) is 33.0 Å². The quantitative estimate of drug-likeness (QED) is 0.767. The Morgan fingerprint density at radius 1 is 0.955 bits per heavy atom. The SMILES string of the molecule is C[C@@H]1C[C@@H](C)CN(c2nc3c(c(=O)n(C)c(=O)n3C)n2C)C1. The van der Waals surface area contributed by atoms with Crippen molar-refractivity contribution in [1.82, 2.24) is 18.7 Å². The molecule has 7 heteroatoms. The van der Waals surface area contributed by atoms with E-state index in [9.17, 15) is 9.59 Å². The van der Waals surface area contributed by atoms with Gasteiger partial charge in [-0.15, -0.1) is 0 Å². The topological polar surface area (TPSA) is 65.1 Å². The number of rotatable bonds is 1. The molecule has 1 aliphatic heterocycles. The number of nitrogens with zero attached hydrogens (tertiary/aromatic N) is 5. The molecule has 0 aliphatic carbocycles. The summed E-state index contributed by atoms with van der Waals surface area (Å²) in [5, 5.41) is 0. The van der Waals surface area contributed by atoms with Gasteiger partial charge in [0.25, 0.3) is 5.56 Å². The van der Waals surface area contributed by atoms with Crippen LogP contribution in [0.25, 0.3) is 11.2 Å². The van der Waals surface area contributed by atoms with E-state index in [1.165, 1.54) is 18.0 Å². The highest BCUT2D eigenvalue weighted by Gasteiger charge is 2.26. The second-order valence-electron chi connectivity index (χ2n) is 6.70. The van der Waals surface area contributed by atoms with Crippen LogP contribution in [0.1, 0.15) is 20.3 Å². The van der Waals surface area contributed by atoms with Gasteiger partial charge in [0.1, 0.15) is 0 Å². The van der Waals surface area contributed by atoms with Gasteiger partial charge in [-0.05, 0) is 18.3 Å². The first kappa shape index (κ1) is 14.9. The first-order chi connectivity index (χ1) is 10.3. The van der Waals surface area contributed by atoms with Crippen LogP contribution in [-0.4, -0.2) is 31.8 Å². The molecule has 0 N–H and O–H groups in total. The van der Waals surface area contributed by atoms with Gasteiger partial charge in [0.15, 0.2) is 11.2 Å². The zero-order valence-corrected chi connectivity index (χ0v) is 13.8. The molecule has 1 aliphatic rings. The van der Waals surface area contributed by atoms with Gasteiger partial charge in [-0.25, -0.2) is 4.79 Å². The van der Waals surface area contributed by atoms with Crippen LogP contribution in [0.4, 0.5) is 5.95 Å². The van der Waals surface area contributed by atoms with E-state index in [0.29, 0.717) is 23.0 Å². The number of anilines is 1. The van der Waals surface area contributed by atoms with Crippen LogP contribution in [0.5, 0.6) is 0 Å². The maximum atomic E-state index is 12.4. The van der Waals surface area contributed by atoms with E-state index in [1.807, 2.05) is 11.6 Å². The van der Waals surface area contributed by atoms with E-state index in [-0.39, 0.29) is 11.2 Å². The third kappa shape index (κ3) is 2.07. The molecule has 22 heavy (non-hydrogen) atoms. The predicted molar refractivity (Wildman–Crippen MR) is 86.4 cm³/mol. The summed E-state index contributed by atoms with van der Waals surface area (Å²) in [5.74, 6) is 1.96. The highest BCUT2D eigenvalue weighted by molar-refractivity contribution is 5.74. The Kier molecular flexibility index (Phi) is 3.38. The minimum atomic E-state index is -0.345. The molecule has 0 radical (unpaired) electrons. The fourth-order valence-electron chi connectivity index (χ4n) is 3.62. The number of aromatic nitrogens is 4. The highest BCUT2D eigenvalue weighted by atomic mass is 16.2. The molecule has 0 bridgehead atoms.